The Morgan fingerprint density at radius 1 is 0.906 bits per heavy atom. The second kappa shape index (κ2) is 8.77. The minimum Gasteiger partial charge on any atom is -0.489 e. The van der Waals surface area contributed by atoms with Crippen molar-refractivity contribution in [3.05, 3.63) is 96.3 Å². The minimum atomic E-state index is -0.279. The van der Waals surface area contributed by atoms with Crippen LogP contribution in [-0.4, -0.2) is 22.7 Å². The number of rotatable bonds is 6. The molecule has 2 heterocycles. The third kappa shape index (κ3) is 4.37. The van der Waals surface area contributed by atoms with Gasteiger partial charge in [-0.2, -0.15) is 0 Å². The quantitative estimate of drug-likeness (QED) is 0.482. The van der Waals surface area contributed by atoms with Crippen LogP contribution in [0, 0.1) is 0 Å². The van der Waals surface area contributed by atoms with Gasteiger partial charge in [0.1, 0.15) is 12.4 Å². The number of hydrogen-bond donors (Lipinski definition) is 1. The number of nitrogens with zero attached hydrogens (tertiary/aromatic N) is 2. The van der Waals surface area contributed by atoms with Gasteiger partial charge >= 0.3 is 0 Å². The van der Waals surface area contributed by atoms with Crippen molar-refractivity contribution in [1.82, 2.24) is 9.97 Å². The molecule has 3 aromatic carbocycles. The molecule has 1 aliphatic rings. The van der Waals surface area contributed by atoms with Gasteiger partial charge in [-0.05, 0) is 29.8 Å². The van der Waals surface area contributed by atoms with Crippen LogP contribution in [0.3, 0.4) is 0 Å². The number of carbonyl (C=O) groups is 1. The highest BCUT2D eigenvalue weighted by Gasteiger charge is 2.14. The highest BCUT2D eigenvalue weighted by atomic mass is 16.7. The lowest BCUT2D eigenvalue weighted by Gasteiger charge is -2.10. The molecule has 7 heteroatoms. The van der Waals surface area contributed by atoms with Crippen molar-refractivity contribution in [2.45, 2.75) is 6.61 Å². The molecular formula is C25H19N3O4. The molecular weight excluding hydrogens is 406 g/mol. The standard InChI is InChI=1S/C25H19N3O4/c29-25(19-13-26-24(27-14-19)18-6-2-1-3-7-18)28-20-8-4-5-17(11-20)15-30-21-9-10-22-23(12-21)32-16-31-22/h1-14H,15-16H2,(H,28,29). The molecule has 0 aliphatic carbocycles. The molecule has 0 atom stereocenters. The molecule has 7 nitrogen and oxygen atoms in total. The summed E-state index contributed by atoms with van der Waals surface area (Å²) in [6.45, 7) is 0.568. The summed E-state index contributed by atoms with van der Waals surface area (Å²) in [7, 11) is 0. The first-order valence-electron chi connectivity index (χ1n) is 10.0. The lowest BCUT2D eigenvalue weighted by atomic mass is 10.2. The Morgan fingerprint density at radius 3 is 2.56 bits per heavy atom. The first kappa shape index (κ1) is 19.6. The molecule has 1 aliphatic heterocycles. The van der Waals surface area contributed by atoms with Crippen LogP contribution >= 0.6 is 0 Å². The minimum absolute atomic E-state index is 0.223. The van der Waals surface area contributed by atoms with E-state index in [9.17, 15) is 4.79 Å². The smallest absolute Gasteiger partial charge is 0.258 e. The van der Waals surface area contributed by atoms with Crippen LogP contribution in [0.25, 0.3) is 11.4 Å². The number of ether oxygens (including phenoxy) is 3. The van der Waals surface area contributed by atoms with Crippen molar-refractivity contribution in [3.8, 4) is 28.6 Å². The molecule has 0 saturated carbocycles. The molecule has 1 aromatic heterocycles. The van der Waals surface area contributed by atoms with E-state index in [0.717, 1.165) is 11.1 Å². The van der Waals surface area contributed by atoms with Crippen molar-refractivity contribution in [1.29, 1.82) is 0 Å². The summed E-state index contributed by atoms with van der Waals surface area (Å²) in [6.07, 6.45) is 3.05. The lowest BCUT2D eigenvalue weighted by molar-refractivity contribution is 0.102. The summed E-state index contributed by atoms with van der Waals surface area (Å²) in [6, 6.07) is 22.5. The molecule has 4 aromatic rings. The van der Waals surface area contributed by atoms with Crippen LogP contribution in [0.2, 0.25) is 0 Å². The number of fused-ring (bicyclic) bond motifs is 1. The molecule has 1 amide bonds. The fourth-order valence-corrected chi connectivity index (χ4v) is 3.26. The Hall–Kier alpha value is -4.39. The average Bonchev–Trinajstić information content (AvgIpc) is 3.32. The van der Waals surface area contributed by atoms with Gasteiger partial charge in [0.25, 0.3) is 5.91 Å². The van der Waals surface area contributed by atoms with Crippen molar-refractivity contribution in [2.24, 2.45) is 0 Å². The monoisotopic (exact) mass is 425 g/mol. The van der Waals surface area contributed by atoms with Gasteiger partial charge in [-0.15, -0.1) is 0 Å². The van der Waals surface area contributed by atoms with E-state index in [1.54, 1.807) is 6.07 Å². The summed E-state index contributed by atoms with van der Waals surface area (Å²) in [5, 5.41) is 2.88. The van der Waals surface area contributed by atoms with E-state index in [1.807, 2.05) is 66.7 Å². The van der Waals surface area contributed by atoms with Crippen LogP contribution in [0.4, 0.5) is 5.69 Å². The fourth-order valence-electron chi connectivity index (χ4n) is 3.26. The summed E-state index contributed by atoms with van der Waals surface area (Å²) in [5.41, 5.74) is 2.85. The normalized spacial score (nSPS) is 11.8. The highest BCUT2D eigenvalue weighted by Crippen LogP contribution is 2.35. The van der Waals surface area contributed by atoms with E-state index >= 15 is 0 Å². The topological polar surface area (TPSA) is 82.6 Å². The van der Waals surface area contributed by atoms with Crippen LogP contribution in [0.5, 0.6) is 17.2 Å². The maximum atomic E-state index is 12.6. The van der Waals surface area contributed by atoms with Gasteiger partial charge in [-0.3, -0.25) is 4.79 Å². The third-order valence-corrected chi connectivity index (χ3v) is 4.88. The van der Waals surface area contributed by atoms with Crippen LogP contribution in [0.15, 0.2) is 85.2 Å². The predicted octanol–water partition coefficient (Wildman–Crippen LogP) is 4.70. The third-order valence-electron chi connectivity index (χ3n) is 4.88. The Bertz CT molecular complexity index is 1240. The zero-order valence-electron chi connectivity index (χ0n) is 17.0. The number of nitrogens with one attached hydrogen (secondary N) is 1. The fraction of sp³-hybridized carbons (Fsp3) is 0.0800. The zero-order chi connectivity index (χ0) is 21.8. The van der Waals surface area contributed by atoms with Gasteiger partial charge in [0, 0.05) is 29.7 Å². The molecule has 5 rings (SSSR count). The van der Waals surface area contributed by atoms with E-state index < -0.39 is 0 Å². The first-order valence-corrected chi connectivity index (χ1v) is 10.0. The summed E-state index contributed by atoms with van der Waals surface area (Å²) in [4.78, 5) is 21.2. The van der Waals surface area contributed by atoms with Crippen molar-refractivity contribution < 1.29 is 19.0 Å². The van der Waals surface area contributed by atoms with E-state index in [2.05, 4.69) is 15.3 Å². The lowest BCUT2D eigenvalue weighted by Crippen LogP contribution is -2.13. The van der Waals surface area contributed by atoms with Crippen molar-refractivity contribution in [3.63, 3.8) is 0 Å². The molecule has 0 bridgehead atoms. The number of amides is 1. The molecule has 0 fully saturated rings. The largest absolute Gasteiger partial charge is 0.489 e. The zero-order valence-corrected chi connectivity index (χ0v) is 17.0. The van der Waals surface area contributed by atoms with Crippen LogP contribution in [0.1, 0.15) is 15.9 Å². The second-order valence-electron chi connectivity index (χ2n) is 7.12. The van der Waals surface area contributed by atoms with Gasteiger partial charge in [0.2, 0.25) is 6.79 Å². The molecule has 158 valence electrons. The Balaban J connectivity index is 1.22. The molecule has 1 N–H and O–H groups in total. The molecule has 0 radical (unpaired) electrons. The van der Waals surface area contributed by atoms with Gasteiger partial charge in [-0.1, -0.05) is 42.5 Å². The van der Waals surface area contributed by atoms with E-state index in [0.29, 0.717) is 40.9 Å². The second-order valence-corrected chi connectivity index (χ2v) is 7.12. The van der Waals surface area contributed by atoms with E-state index in [4.69, 9.17) is 14.2 Å². The number of carbonyl (C=O) groups excluding carboxylic acids is 1. The summed E-state index contributed by atoms with van der Waals surface area (Å²) < 4.78 is 16.5. The molecule has 0 unspecified atom stereocenters. The maximum Gasteiger partial charge on any atom is 0.258 e. The van der Waals surface area contributed by atoms with E-state index in [-0.39, 0.29) is 12.7 Å². The van der Waals surface area contributed by atoms with Crippen LogP contribution < -0.4 is 19.5 Å². The number of benzene rings is 3. The average molecular weight is 425 g/mol. The van der Waals surface area contributed by atoms with Crippen molar-refractivity contribution >= 4 is 11.6 Å². The van der Waals surface area contributed by atoms with Gasteiger partial charge in [-0.25, -0.2) is 9.97 Å². The maximum absolute atomic E-state index is 12.6. The SMILES string of the molecule is O=C(Nc1cccc(COc2ccc3c(c2)OCO3)c1)c1cnc(-c2ccccc2)nc1. The summed E-state index contributed by atoms with van der Waals surface area (Å²) >= 11 is 0. The van der Waals surface area contributed by atoms with Gasteiger partial charge in [0.15, 0.2) is 17.3 Å². The Morgan fingerprint density at radius 2 is 1.72 bits per heavy atom. The first-order chi connectivity index (χ1) is 15.7. The number of aromatic nitrogens is 2. The Labute approximate surface area is 184 Å². The Kier molecular flexibility index (Phi) is 5.36. The number of hydrogen-bond acceptors (Lipinski definition) is 6. The van der Waals surface area contributed by atoms with Gasteiger partial charge < -0.3 is 19.5 Å². The summed E-state index contributed by atoms with van der Waals surface area (Å²) in [5.74, 6) is 2.36. The molecule has 0 spiro atoms. The van der Waals surface area contributed by atoms with Crippen LogP contribution in [-0.2, 0) is 6.61 Å². The molecule has 0 saturated heterocycles. The number of anilines is 1. The predicted molar refractivity (Wildman–Crippen MR) is 119 cm³/mol. The van der Waals surface area contributed by atoms with Crippen molar-refractivity contribution in [2.75, 3.05) is 12.1 Å². The van der Waals surface area contributed by atoms with E-state index in [1.165, 1.54) is 12.4 Å². The van der Waals surface area contributed by atoms with Gasteiger partial charge in [0.05, 0.1) is 5.56 Å². The highest BCUT2D eigenvalue weighted by molar-refractivity contribution is 6.03. The molecule has 32 heavy (non-hydrogen) atoms.